The van der Waals surface area contributed by atoms with Gasteiger partial charge in [0, 0.05) is 31.0 Å². The fourth-order valence-corrected chi connectivity index (χ4v) is 3.61. The molecule has 1 atom stereocenters. The molecule has 154 valence electrons. The van der Waals surface area contributed by atoms with Crippen LogP contribution in [0.2, 0.25) is 0 Å². The van der Waals surface area contributed by atoms with Gasteiger partial charge in [0.05, 0.1) is 12.5 Å². The summed E-state index contributed by atoms with van der Waals surface area (Å²) in [5, 5.41) is 0. The van der Waals surface area contributed by atoms with Gasteiger partial charge in [0.1, 0.15) is 6.61 Å². The van der Waals surface area contributed by atoms with E-state index in [0.29, 0.717) is 18.1 Å². The van der Waals surface area contributed by atoms with Crippen LogP contribution in [0.25, 0.3) is 0 Å². The van der Waals surface area contributed by atoms with Crippen LogP contribution in [-0.4, -0.2) is 42.3 Å². The van der Waals surface area contributed by atoms with E-state index in [2.05, 4.69) is 4.98 Å². The van der Waals surface area contributed by atoms with E-state index in [1.165, 1.54) is 25.5 Å². The number of nitrogens with zero attached hydrogens (tertiary/aromatic N) is 1. The molecule has 0 N–H and O–H groups in total. The number of carbonyl (C=O) groups is 3. The molecule has 0 aromatic carbocycles. The quantitative estimate of drug-likeness (QED) is 0.326. The highest BCUT2D eigenvalue weighted by Crippen LogP contribution is 2.24. The zero-order valence-electron chi connectivity index (χ0n) is 16.9. The maximum absolute atomic E-state index is 12.9. The van der Waals surface area contributed by atoms with E-state index < -0.39 is 11.9 Å². The van der Waals surface area contributed by atoms with Gasteiger partial charge in [-0.05, 0) is 50.7 Å². The lowest BCUT2D eigenvalue weighted by Gasteiger charge is -2.21. The van der Waals surface area contributed by atoms with Crippen molar-refractivity contribution in [3.8, 4) is 0 Å². The average Bonchev–Trinajstić information content (AvgIpc) is 2.69. The van der Waals surface area contributed by atoms with Crippen LogP contribution in [-0.2, 0) is 19.1 Å². The molecule has 0 amide bonds. The van der Waals surface area contributed by atoms with E-state index in [1.54, 1.807) is 19.2 Å². The first-order chi connectivity index (χ1) is 13.5. The number of pyridine rings is 1. The van der Waals surface area contributed by atoms with Crippen LogP contribution in [0.15, 0.2) is 18.5 Å². The first kappa shape index (κ1) is 22.2. The molecule has 0 aliphatic heterocycles. The number of ether oxygens (including phenoxy) is 2. The van der Waals surface area contributed by atoms with Gasteiger partial charge in [-0.1, -0.05) is 19.3 Å². The second-order valence-corrected chi connectivity index (χ2v) is 7.50. The number of hydrogen-bond acceptors (Lipinski definition) is 6. The van der Waals surface area contributed by atoms with Gasteiger partial charge < -0.3 is 9.47 Å². The molecule has 0 spiro atoms. The van der Waals surface area contributed by atoms with Crippen molar-refractivity contribution >= 4 is 17.5 Å². The molecule has 0 bridgehead atoms. The molecule has 0 radical (unpaired) electrons. The van der Waals surface area contributed by atoms with E-state index in [4.69, 9.17) is 9.47 Å². The summed E-state index contributed by atoms with van der Waals surface area (Å²) >= 11 is 0. The van der Waals surface area contributed by atoms with Crippen molar-refractivity contribution in [3.05, 3.63) is 29.6 Å². The van der Waals surface area contributed by atoms with Gasteiger partial charge in [0.15, 0.2) is 11.6 Å². The van der Waals surface area contributed by atoms with Crippen LogP contribution in [0.5, 0.6) is 0 Å². The van der Waals surface area contributed by atoms with Crippen molar-refractivity contribution in [3.63, 3.8) is 0 Å². The molecule has 1 heterocycles. The molecule has 6 nitrogen and oxygen atoms in total. The summed E-state index contributed by atoms with van der Waals surface area (Å²) in [6, 6.07) is 1.71. The van der Waals surface area contributed by atoms with Gasteiger partial charge in [-0.2, -0.15) is 0 Å². The monoisotopic (exact) mass is 389 g/mol. The standard InChI is InChI=1S/C22H31NO5/c1-3-28-21(25)10-9-19(22(26)18-11-16(2)12-23-13-18)20(24)15-27-14-17-7-5-4-6-8-17/h11-13,17,19H,3-10,14-15H2,1-2H3. The SMILES string of the molecule is CCOC(=O)CCC(C(=O)COCC1CCCCC1)C(=O)c1cncc(C)c1. The Morgan fingerprint density at radius 3 is 2.61 bits per heavy atom. The highest BCUT2D eigenvalue weighted by Gasteiger charge is 2.29. The Balaban J connectivity index is 1.98. The third kappa shape index (κ3) is 7.15. The van der Waals surface area contributed by atoms with Crippen molar-refractivity contribution < 1.29 is 23.9 Å². The van der Waals surface area contributed by atoms with Crippen LogP contribution in [0, 0.1) is 18.8 Å². The Morgan fingerprint density at radius 1 is 1.18 bits per heavy atom. The van der Waals surface area contributed by atoms with Crippen molar-refractivity contribution in [2.45, 2.75) is 58.8 Å². The zero-order chi connectivity index (χ0) is 20.4. The number of ketones is 2. The molecule has 1 unspecified atom stereocenters. The smallest absolute Gasteiger partial charge is 0.305 e. The Morgan fingerprint density at radius 2 is 1.93 bits per heavy atom. The van der Waals surface area contributed by atoms with E-state index in [1.807, 2.05) is 6.92 Å². The average molecular weight is 389 g/mol. The largest absolute Gasteiger partial charge is 0.466 e. The molecule has 6 heteroatoms. The number of aryl methyl sites for hydroxylation is 1. The number of hydrogen-bond donors (Lipinski definition) is 0. The molecule has 1 aliphatic carbocycles. The first-order valence-corrected chi connectivity index (χ1v) is 10.2. The van der Waals surface area contributed by atoms with Crippen LogP contribution in [0.4, 0.5) is 0 Å². The normalized spacial score (nSPS) is 15.8. The maximum atomic E-state index is 12.9. The summed E-state index contributed by atoms with van der Waals surface area (Å²) in [6.07, 6.45) is 9.22. The van der Waals surface area contributed by atoms with E-state index >= 15 is 0 Å². The molecular weight excluding hydrogens is 358 g/mol. The highest BCUT2D eigenvalue weighted by molar-refractivity contribution is 6.11. The van der Waals surface area contributed by atoms with Crippen molar-refractivity contribution in [2.75, 3.05) is 19.8 Å². The van der Waals surface area contributed by atoms with Gasteiger partial charge in [-0.15, -0.1) is 0 Å². The van der Waals surface area contributed by atoms with Crippen molar-refractivity contribution in [2.24, 2.45) is 11.8 Å². The summed E-state index contributed by atoms with van der Waals surface area (Å²) < 4.78 is 10.6. The first-order valence-electron chi connectivity index (χ1n) is 10.2. The predicted octanol–water partition coefficient (Wildman–Crippen LogP) is 3.70. The van der Waals surface area contributed by atoms with E-state index in [-0.39, 0.29) is 37.6 Å². The van der Waals surface area contributed by atoms with E-state index in [9.17, 15) is 14.4 Å². The van der Waals surface area contributed by atoms with Crippen LogP contribution in [0.1, 0.15) is 67.8 Å². The van der Waals surface area contributed by atoms with Crippen molar-refractivity contribution in [1.29, 1.82) is 0 Å². The summed E-state index contributed by atoms with van der Waals surface area (Å²) in [6.45, 7) is 4.29. The number of aromatic nitrogens is 1. The molecule has 1 aromatic rings. The lowest BCUT2D eigenvalue weighted by molar-refractivity contribution is -0.143. The summed E-state index contributed by atoms with van der Waals surface area (Å²) in [4.78, 5) is 41.4. The number of rotatable bonds is 11. The lowest BCUT2D eigenvalue weighted by Crippen LogP contribution is -2.29. The Labute approximate surface area is 167 Å². The minimum absolute atomic E-state index is 0.0257. The van der Waals surface area contributed by atoms with Crippen molar-refractivity contribution in [1.82, 2.24) is 4.98 Å². The van der Waals surface area contributed by atoms with Crippen LogP contribution < -0.4 is 0 Å². The predicted molar refractivity (Wildman–Crippen MR) is 105 cm³/mol. The second kappa shape index (κ2) is 11.7. The highest BCUT2D eigenvalue weighted by atomic mass is 16.5. The molecule has 28 heavy (non-hydrogen) atoms. The molecule has 1 fully saturated rings. The Hall–Kier alpha value is -2.08. The molecule has 2 rings (SSSR count). The molecule has 1 aliphatic rings. The fraction of sp³-hybridized carbons (Fsp3) is 0.636. The Bertz CT molecular complexity index is 667. The molecule has 1 saturated carbocycles. The number of carbonyl (C=O) groups excluding carboxylic acids is 3. The lowest BCUT2D eigenvalue weighted by atomic mass is 9.89. The number of Topliss-reactive ketones (excluding diaryl/α,β-unsaturated/α-hetero) is 2. The third-order valence-electron chi connectivity index (χ3n) is 5.13. The Kier molecular flexibility index (Phi) is 9.28. The molecule has 1 aromatic heterocycles. The fourth-order valence-electron chi connectivity index (χ4n) is 3.61. The summed E-state index contributed by atoms with van der Waals surface area (Å²) in [5.41, 5.74) is 1.23. The van der Waals surface area contributed by atoms with Gasteiger partial charge >= 0.3 is 5.97 Å². The minimum atomic E-state index is -0.917. The third-order valence-corrected chi connectivity index (χ3v) is 5.13. The summed E-state index contributed by atoms with van der Waals surface area (Å²) in [5.74, 6) is -1.42. The van der Waals surface area contributed by atoms with Crippen LogP contribution >= 0.6 is 0 Å². The van der Waals surface area contributed by atoms with Gasteiger partial charge in [0.2, 0.25) is 0 Å². The van der Waals surface area contributed by atoms with Gasteiger partial charge in [-0.3, -0.25) is 19.4 Å². The number of esters is 1. The van der Waals surface area contributed by atoms with Gasteiger partial charge in [-0.25, -0.2) is 0 Å². The topological polar surface area (TPSA) is 82.6 Å². The molecular formula is C22H31NO5. The summed E-state index contributed by atoms with van der Waals surface area (Å²) in [7, 11) is 0. The van der Waals surface area contributed by atoms with Crippen LogP contribution in [0.3, 0.4) is 0 Å². The zero-order valence-corrected chi connectivity index (χ0v) is 16.9. The van der Waals surface area contributed by atoms with Gasteiger partial charge in [0.25, 0.3) is 0 Å². The minimum Gasteiger partial charge on any atom is -0.466 e. The second-order valence-electron chi connectivity index (χ2n) is 7.50. The maximum Gasteiger partial charge on any atom is 0.305 e. The molecule has 0 saturated heterocycles. The van der Waals surface area contributed by atoms with E-state index in [0.717, 1.165) is 18.4 Å².